The zero-order valence-electron chi connectivity index (χ0n) is 15.1. The minimum atomic E-state index is -4.42. The second kappa shape index (κ2) is 8.03. The molecule has 10 heteroatoms. The monoisotopic (exact) mass is 431 g/mol. The summed E-state index contributed by atoms with van der Waals surface area (Å²) in [5.74, 6) is 1.80. The van der Waals surface area contributed by atoms with Gasteiger partial charge in [-0.15, -0.1) is 10.2 Å². The summed E-state index contributed by atoms with van der Waals surface area (Å²) >= 11 is 5.84. The van der Waals surface area contributed by atoms with Gasteiger partial charge in [-0.1, -0.05) is 17.7 Å². The Bertz CT molecular complexity index is 1160. The van der Waals surface area contributed by atoms with Crippen molar-refractivity contribution in [2.24, 2.45) is 0 Å². The average molecular weight is 432 g/mol. The fraction of sp³-hybridized carbons (Fsp3) is 0.0500. The van der Waals surface area contributed by atoms with Crippen LogP contribution in [0.5, 0.6) is 11.5 Å². The number of nitrogens with one attached hydrogen (secondary N) is 2. The van der Waals surface area contributed by atoms with Crippen LogP contribution in [-0.2, 0) is 6.18 Å². The van der Waals surface area contributed by atoms with Crippen molar-refractivity contribution in [1.29, 1.82) is 0 Å². The van der Waals surface area contributed by atoms with Gasteiger partial charge in [0, 0.05) is 23.5 Å². The zero-order valence-corrected chi connectivity index (χ0v) is 15.9. The first-order chi connectivity index (χ1) is 14.4. The van der Waals surface area contributed by atoms with Crippen LogP contribution in [0.3, 0.4) is 0 Å². The molecule has 0 bridgehead atoms. The molecule has 0 aliphatic carbocycles. The molecule has 0 aliphatic heterocycles. The Morgan fingerprint density at radius 2 is 1.73 bits per heavy atom. The first-order valence-electron chi connectivity index (χ1n) is 8.64. The number of aromatic amines is 1. The van der Waals surface area contributed by atoms with Crippen LogP contribution >= 0.6 is 11.6 Å². The highest BCUT2D eigenvalue weighted by Crippen LogP contribution is 2.31. The summed E-state index contributed by atoms with van der Waals surface area (Å²) < 4.78 is 44.2. The van der Waals surface area contributed by atoms with Gasteiger partial charge in [0.05, 0.1) is 5.56 Å². The molecule has 0 fully saturated rings. The van der Waals surface area contributed by atoms with Gasteiger partial charge >= 0.3 is 6.18 Å². The maximum atomic E-state index is 12.8. The molecule has 2 aromatic carbocycles. The molecule has 152 valence electrons. The van der Waals surface area contributed by atoms with Crippen LogP contribution in [0.25, 0.3) is 11.4 Å². The lowest BCUT2D eigenvalue weighted by atomic mass is 10.2. The van der Waals surface area contributed by atoms with Crippen molar-refractivity contribution in [1.82, 2.24) is 20.2 Å². The molecule has 0 unspecified atom stereocenters. The van der Waals surface area contributed by atoms with Gasteiger partial charge < -0.3 is 15.0 Å². The number of hydrogen-bond donors (Lipinski definition) is 2. The van der Waals surface area contributed by atoms with Gasteiger partial charge in [0.1, 0.15) is 16.7 Å². The molecule has 0 radical (unpaired) electrons. The molecule has 4 aromatic rings. The first kappa shape index (κ1) is 19.7. The highest BCUT2D eigenvalue weighted by Gasteiger charge is 2.30. The van der Waals surface area contributed by atoms with Crippen molar-refractivity contribution in [3.63, 3.8) is 0 Å². The van der Waals surface area contributed by atoms with Crippen LogP contribution in [0, 0.1) is 0 Å². The summed E-state index contributed by atoms with van der Waals surface area (Å²) in [6.45, 7) is 0. The normalized spacial score (nSPS) is 11.3. The van der Waals surface area contributed by atoms with E-state index >= 15 is 0 Å². The van der Waals surface area contributed by atoms with E-state index < -0.39 is 11.7 Å². The quantitative estimate of drug-likeness (QED) is 0.375. The highest BCUT2D eigenvalue weighted by molar-refractivity contribution is 6.29. The molecule has 30 heavy (non-hydrogen) atoms. The smallest absolute Gasteiger partial charge is 0.416 e. The third-order valence-corrected chi connectivity index (χ3v) is 4.21. The third kappa shape index (κ3) is 4.69. The lowest BCUT2D eigenvalue weighted by Crippen LogP contribution is -2.05. The number of ether oxygens (including phenoxy) is 1. The number of hydrogen-bond acceptors (Lipinski definition) is 5. The van der Waals surface area contributed by atoms with Crippen LogP contribution in [0.2, 0.25) is 5.15 Å². The molecule has 2 heterocycles. The summed E-state index contributed by atoms with van der Waals surface area (Å²) in [6.07, 6.45) is -2.88. The minimum absolute atomic E-state index is 0.219. The van der Waals surface area contributed by atoms with Crippen molar-refractivity contribution < 1.29 is 17.9 Å². The van der Waals surface area contributed by atoms with E-state index in [1.165, 1.54) is 12.1 Å². The minimum Gasteiger partial charge on any atom is -0.457 e. The van der Waals surface area contributed by atoms with Crippen LogP contribution in [-0.4, -0.2) is 20.2 Å². The van der Waals surface area contributed by atoms with Gasteiger partial charge in [0.25, 0.3) is 0 Å². The van der Waals surface area contributed by atoms with E-state index in [2.05, 4.69) is 25.5 Å². The molecular weight excluding hydrogens is 419 g/mol. The van der Waals surface area contributed by atoms with Crippen molar-refractivity contribution in [3.8, 4) is 22.9 Å². The summed E-state index contributed by atoms with van der Waals surface area (Å²) in [4.78, 5) is 6.82. The Kier molecular flexibility index (Phi) is 5.28. The molecule has 2 N–H and O–H groups in total. The van der Waals surface area contributed by atoms with E-state index in [0.717, 1.165) is 17.7 Å². The largest absolute Gasteiger partial charge is 0.457 e. The maximum absolute atomic E-state index is 12.8. The Morgan fingerprint density at radius 3 is 2.47 bits per heavy atom. The number of pyridine rings is 1. The predicted molar refractivity (Wildman–Crippen MR) is 106 cm³/mol. The molecule has 0 saturated heterocycles. The van der Waals surface area contributed by atoms with Gasteiger partial charge in [-0.2, -0.15) is 13.2 Å². The van der Waals surface area contributed by atoms with Gasteiger partial charge in [0.15, 0.2) is 5.82 Å². The lowest BCUT2D eigenvalue weighted by Gasteiger charge is -2.08. The Hall–Kier alpha value is -3.59. The number of aromatic nitrogens is 4. The summed E-state index contributed by atoms with van der Waals surface area (Å²) in [6, 6.07) is 15.1. The molecule has 0 spiro atoms. The molecule has 2 aromatic heterocycles. The van der Waals surface area contributed by atoms with Crippen LogP contribution in [0.15, 0.2) is 66.9 Å². The van der Waals surface area contributed by atoms with Crippen LogP contribution in [0.4, 0.5) is 24.8 Å². The van der Waals surface area contributed by atoms with E-state index in [1.54, 1.807) is 42.6 Å². The van der Waals surface area contributed by atoms with Gasteiger partial charge in [-0.3, -0.25) is 0 Å². The third-order valence-electron chi connectivity index (χ3n) is 4.00. The Labute approximate surface area is 173 Å². The van der Waals surface area contributed by atoms with Crippen LogP contribution in [0.1, 0.15) is 5.56 Å². The molecule has 4 rings (SSSR count). The number of halogens is 4. The fourth-order valence-electron chi connectivity index (χ4n) is 2.62. The van der Waals surface area contributed by atoms with Crippen molar-refractivity contribution >= 4 is 23.2 Å². The van der Waals surface area contributed by atoms with E-state index in [4.69, 9.17) is 16.3 Å². The van der Waals surface area contributed by atoms with Gasteiger partial charge in [0.2, 0.25) is 5.95 Å². The molecular formula is C20H13ClF3N5O. The number of rotatable bonds is 5. The maximum Gasteiger partial charge on any atom is 0.416 e. The Morgan fingerprint density at radius 1 is 0.933 bits per heavy atom. The molecule has 0 amide bonds. The Balaban J connectivity index is 1.46. The molecule has 0 atom stereocenters. The second-order valence-corrected chi connectivity index (χ2v) is 6.55. The van der Waals surface area contributed by atoms with Gasteiger partial charge in [-0.05, 0) is 48.5 Å². The van der Waals surface area contributed by atoms with Crippen molar-refractivity contribution in [3.05, 3.63) is 77.6 Å². The SMILES string of the molecule is FC(F)(F)c1cccc(Nc2nnc(-c3ccc(Oc4ccnc(Cl)c4)cc3)[nH]2)c1. The first-order valence-corrected chi connectivity index (χ1v) is 9.01. The predicted octanol–water partition coefficient (Wildman–Crippen LogP) is 6.07. The number of anilines is 2. The van der Waals surface area contributed by atoms with Gasteiger partial charge in [-0.25, -0.2) is 4.98 Å². The summed E-state index contributed by atoms with van der Waals surface area (Å²) in [7, 11) is 0. The molecule has 0 aliphatic rings. The number of nitrogens with zero attached hydrogens (tertiary/aromatic N) is 3. The van der Waals surface area contributed by atoms with Crippen molar-refractivity contribution in [2.45, 2.75) is 6.18 Å². The zero-order chi connectivity index (χ0) is 21.1. The molecule has 0 saturated carbocycles. The second-order valence-electron chi connectivity index (χ2n) is 6.17. The highest BCUT2D eigenvalue weighted by atomic mass is 35.5. The number of alkyl halides is 3. The van der Waals surface area contributed by atoms with E-state index in [-0.39, 0.29) is 11.6 Å². The summed E-state index contributed by atoms with van der Waals surface area (Å²) in [5.41, 5.74) is 0.213. The van der Waals surface area contributed by atoms with E-state index in [1.807, 2.05) is 0 Å². The summed E-state index contributed by atoms with van der Waals surface area (Å²) in [5, 5.41) is 11.1. The van der Waals surface area contributed by atoms with Crippen molar-refractivity contribution in [2.75, 3.05) is 5.32 Å². The topological polar surface area (TPSA) is 75.7 Å². The standard InChI is InChI=1S/C20H13ClF3N5O/c21-17-11-16(8-9-25-17)30-15-6-4-12(5-7-15)18-27-19(29-28-18)26-14-3-1-2-13(10-14)20(22,23)24/h1-11H,(H2,26,27,28,29). The average Bonchev–Trinajstić information content (AvgIpc) is 3.17. The lowest BCUT2D eigenvalue weighted by molar-refractivity contribution is -0.137. The fourth-order valence-corrected chi connectivity index (χ4v) is 2.79. The number of H-pyrrole nitrogens is 1. The molecule has 6 nitrogen and oxygen atoms in total. The number of benzene rings is 2. The van der Waals surface area contributed by atoms with E-state index in [0.29, 0.717) is 22.5 Å². The van der Waals surface area contributed by atoms with E-state index in [9.17, 15) is 13.2 Å². The van der Waals surface area contributed by atoms with Crippen LogP contribution < -0.4 is 10.1 Å².